The Balaban J connectivity index is 2.82. The molecule has 0 spiro atoms. The van der Waals surface area contributed by atoms with Crippen LogP contribution in [0.5, 0.6) is 0 Å². The van der Waals surface area contributed by atoms with Crippen LogP contribution in [0.3, 0.4) is 0 Å². The largest absolute Gasteiger partial charge is 0.385 e. The van der Waals surface area contributed by atoms with Gasteiger partial charge in [-0.15, -0.1) is 0 Å². The van der Waals surface area contributed by atoms with Crippen molar-refractivity contribution in [2.24, 2.45) is 0 Å². The van der Waals surface area contributed by atoms with Crippen LogP contribution in [0.2, 0.25) is 17.6 Å². The van der Waals surface area contributed by atoms with E-state index in [9.17, 15) is 0 Å². The van der Waals surface area contributed by atoms with Gasteiger partial charge < -0.3 is 5.32 Å². The lowest BCUT2D eigenvalue weighted by Crippen LogP contribution is -2.34. The van der Waals surface area contributed by atoms with Crippen LogP contribution in [0, 0.1) is 0 Å². The van der Waals surface area contributed by atoms with E-state index in [0.717, 1.165) is 17.7 Å². The summed E-state index contributed by atoms with van der Waals surface area (Å²) in [7, 11) is -0.559. The second kappa shape index (κ2) is 6.09. The van der Waals surface area contributed by atoms with Crippen LogP contribution in [0.4, 0.5) is 0 Å². The summed E-state index contributed by atoms with van der Waals surface area (Å²) in [5, 5.41) is 3.56. The molecule has 0 aromatic carbocycles. The molecule has 1 aliphatic heterocycles. The molecule has 1 nitrogen and oxygen atoms in total. The highest BCUT2D eigenvalue weighted by atomic mass is 28.3. The molecule has 0 aromatic rings. The Bertz CT molecular complexity index is 300. The van der Waals surface area contributed by atoms with E-state index in [0.29, 0.717) is 0 Å². The van der Waals surface area contributed by atoms with Crippen LogP contribution in [-0.2, 0) is 0 Å². The maximum Gasteiger partial charge on any atom is 0.0419 e. The minimum Gasteiger partial charge on any atom is -0.385 e. The predicted molar refractivity (Wildman–Crippen MR) is 76.5 cm³/mol. The van der Waals surface area contributed by atoms with Gasteiger partial charge in [-0.2, -0.15) is 0 Å². The summed E-state index contributed by atoms with van der Waals surface area (Å²) in [4.78, 5) is 0. The van der Waals surface area contributed by atoms with Crippen molar-refractivity contribution in [3.63, 3.8) is 0 Å². The SMILES string of the molecule is C=CC1=C(C(=C)C)NC[C@H]([SiH](CC)CC)C1. The molecule has 1 heterocycles. The lowest BCUT2D eigenvalue weighted by Gasteiger charge is -2.32. The second-order valence-corrected chi connectivity index (χ2v) is 8.90. The molecule has 0 saturated carbocycles. The fraction of sp³-hybridized carbons (Fsp3) is 0.571. The fourth-order valence-electron chi connectivity index (χ4n) is 2.70. The zero-order valence-corrected chi connectivity index (χ0v) is 12.1. The van der Waals surface area contributed by atoms with E-state index in [1.54, 1.807) is 0 Å². The van der Waals surface area contributed by atoms with Gasteiger partial charge in [0.05, 0.1) is 0 Å². The van der Waals surface area contributed by atoms with E-state index in [2.05, 4.69) is 39.2 Å². The molecule has 1 atom stereocenters. The van der Waals surface area contributed by atoms with Crippen LogP contribution >= 0.6 is 0 Å². The van der Waals surface area contributed by atoms with E-state index >= 15 is 0 Å². The molecule has 0 aromatic heterocycles. The summed E-state index contributed by atoms with van der Waals surface area (Å²) in [6.45, 7) is 15.9. The molecule has 1 N–H and O–H groups in total. The fourth-order valence-corrected chi connectivity index (χ4v) is 5.65. The van der Waals surface area contributed by atoms with Gasteiger partial charge >= 0.3 is 0 Å². The van der Waals surface area contributed by atoms with Crippen molar-refractivity contribution in [2.45, 2.75) is 44.8 Å². The van der Waals surface area contributed by atoms with Gasteiger partial charge in [0.2, 0.25) is 0 Å². The Morgan fingerprint density at radius 1 is 1.50 bits per heavy atom. The van der Waals surface area contributed by atoms with Crippen molar-refractivity contribution in [3.8, 4) is 0 Å². The zero-order valence-electron chi connectivity index (χ0n) is 11.0. The number of nitrogens with one attached hydrogen (secondary N) is 1. The van der Waals surface area contributed by atoms with Crippen molar-refractivity contribution in [3.05, 3.63) is 36.1 Å². The van der Waals surface area contributed by atoms with Crippen LogP contribution in [0.1, 0.15) is 27.2 Å². The number of allylic oxidation sites excluding steroid dienone is 3. The lowest BCUT2D eigenvalue weighted by atomic mass is 10.00. The van der Waals surface area contributed by atoms with Crippen molar-refractivity contribution in [1.82, 2.24) is 5.32 Å². The van der Waals surface area contributed by atoms with Crippen molar-refractivity contribution < 1.29 is 0 Å². The van der Waals surface area contributed by atoms with Gasteiger partial charge in [0, 0.05) is 21.0 Å². The average molecular weight is 235 g/mol. The highest BCUT2D eigenvalue weighted by Crippen LogP contribution is 2.31. The molecular formula is C14H25NSi. The van der Waals surface area contributed by atoms with E-state index in [1.165, 1.54) is 29.8 Å². The molecule has 0 unspecified atom stereocenters. The Morgan fingerprint density at radius 3 is 2.56 bits per heavy atom. The molecule has 1 aliphatic rings. The minimum absolute atomic E-state index is 0.559. The Morgan fingerprint density at radius 2 is 2.12 bits per heavy atom. The maximum atomic E-state index is 4.03. The highest BCUT2D eigenvalue weighted by Gasteiger charge is 2.25. The molecule has 90 valence electrons. The molecule has 16 heavy (non-hydrogen) atoms. The quantitative estimate of drug-likeness (QED) is 0.718. The Hall–Kier alpha value is -0.763. The molecule has 2 heteroatoms. The summed E-state index contributed by atoms with van der Waals surface area (Å²) in [6, 6.07) is 2.82. The smallest absolute Gasteiger partial charge is 0.0419 e. The topological polar surface area (TPSA) is 12.0 Å². The van der Waals surface area contributed by atoms with Gasteiger partial charge in [0.25, 0.3) is 0 Å². The van der Waals surface area contributed by atoms with Crippen LogP contribution < -0.4 is 5.32 Å². The lowest BCUT2D eigenvalue weighted by molar-refractivity contribution is 0.661. The Labute approximate surface area is 102 Å². The third kappa shape index (κ3) is 2.88. The van der Waals surface area contributed by atoms with Crippen molar-refractivity contribution in [2.75, 3.05) is 6.54 Å². The predicted octanol–water partition coefficient (Wildman–Crippen LogP) is 3.63. The minimum atomic E-state index is -0.559. The molecule has 0 saturated heterocycles. The summed E-state index contributed by atoms with van der Waals surface area (Å²) >= 11 is 0. The first kappa shape index (κ1) is 13.3. The van der Waals surface area contributed by atoms with Crippen molar-refractivity contribution >= 4 is 8.80 Å². The molecule has 0 bridgehead atoms. The maximum absolute atomic E-state index is 4.03. The van der Waals surface area contributed by atoms with Crippen LogP contribution in [0.15, 0.2) is 36.1 Å². The number of hydrogen-bond donors (Lipinski definition) is 1. The molecule has 0 amide bonds. The second-order valence-electron chi connectivity index (χ2n) is 4.81. The van der Waals surface area contributed by atoms with Crippen LogP contribution in [0.25, 0.3) is 0 Å². The van der Waals surface area contributed by atoms with E-state index in [1.807, 2.05) is 6.08 Å². The average Bonchev–Trinajstić information content (AvgIpc) is 2.30. The monoisotopic (exact) mass is 235 g/mol. The molecule has 0 aliphatic carbocycles. The zero-order chi connectivity index (χ0) is 12.1. The first-order valence-corrected chi connectivity index (χ1v) is 8.69. The number of hydrogen-bond acceptors (Lipinski definition) is 1. The van der Waals surface area contributed by atoms with E-state index < -0.39 is 8.80 Å². The van der Waals surface area contributed by atoms with E-state index in [-0.39, 0.29) is 0 Å². The van der Waals surface area contributed by atoms with Crippen LogP contribution in [-0.4, -0.2) is 15.3 Å². The molecule has 1 rings (SSSR count). The standard InChI is InChI=1S/C14H25NSi/c1-6-12-9-13(16(7-2)8-3)10-15-14(12)11(4)5/h6,13,15-16H,1,4,7-10H2,2-3,5H3/t13-/m1/s1. The molecular weight excluding hydrogens is 210 g/mol. The summed E-state index contributed by atoms with van der Waals surface area (Å²) in [5.41, 5.74) is 4.65. The van der Waals surface area contributed by atoms with Gasteiger partial charge in [-0.1, -0.05) is 45.2 Å². The highest BCUT2D eigenvalue weighted by molar-refractivity contribution is 6.60. The van der Waals surface area contributed by atoms with Gasteiger partial charge in [0.15, 0.2) is 0 Å². The van der Waals surface area contributed by atoms with Crippen molar-refractivity contribution in [1.29, 1.82) is 0 Å². The van der Waals surface area contributed by atoms with Gasteiger partial charge in [-0.05, 0) is 30.0 Å². The van der Waals surface area contributed by atoms with Gasteiger partial charge in [-0.25, -0.2) is 0 Å². The first-order chi connectivity index (χ1) is 7.63. The third-order valence-corrected chi connectivity index (χ3v) is 7.64. The number of rotatable bonds is 5. The summed E-state index contributed by atoms with van der Waals surface area (Å²) in [6.07, 6.45) is 3.23. The van der Waals surface area contributed by atoms with Gasteiger partial charge in [-0.3, -0.25) is 0 Å². The third-order valence-electron chi connectivity index (χ3n) is 3.73. The summed E-state index contributed by atoms with van der Waals surface area (Å²) in [5.74, 6) is 0. The first-order valence-electron chi connectivity index (χ1n) is 6.39. The summed E-state index contributed by atoms with van der Waals surface area (Å²) < 4.78 is 0. The molecule has 0 fully saturated rings. The molecule has 0 radical (unpaired) electrons. The Kier molecular flexibility index (Phi) is 5.06. The van der Waals surface area contributed by atoms with E-state index in [4.69, 9.17) is 0 Å². The van der Waals surface area contributed by atoms with Gasteiger partial charge in [0.1, 0.15) is 0 Å². The normalized spacial score (nSPS) is 20.9.